The summed E-state index contributed by atoms with van der Waals surface area (Å²) in [6, 6.07) is 12.3. The van der Waals surface area contributed by atoms with Crippen molar-refractivity contribution in [2.24, 2.45) is 0 Å². The minimum Gasteiger partial charge on any atom is -0.368 e. The van der Waals surface area contributed by atoms with Gasteiger partial charge in [-0.2, -0.15) is 0 Å². The predicted octanol–water partition coefficient (Wildman–Crippen LogP) is 3.74. The van der Waals surface area contributed by atoms with Crippen LogP contribution in [0.15, 0.2) is 67.4 Å². The minimum atomic E-state index is -0.00683. The molecule has 1 amide bonds. The van der Waals surface area contributed by atoms with E-state index in [1.807, 2.05) is 45.8 Å². The lowest BCUT2D eigenvalue weighted by atomic mass is 10.2. The number of carbonyl (C=O) groups is 1. The van der Waals surface area contributed by atoms with Crippen LogP contribution < -0.4 is 4.90 Å². The van der Waals surface area contributed by atoms with Gasteiger partial charge in [-0.3, -0.25) is 14.2 Å². The van der Waals surface area contributed by atoms with E-state index in [1.54, 1.807) is 12.4 Å². The number of amides is 1. The zero-order valence-corrected chi connectivity index (χ0v) is 17.8. The van der Waals surface area contributed by atoms with Crippen LogP contribution in [0.2, 0.25) is 0 Å². The summed E-state index contributed by atoms with van der Waals surface area (Å²) in [5.74, 6) is 0.793. The van der Waals surface area contributed by atoms with Gasteiger partial charge in [0.2, 0.25) is 0 Å². The van der Waals surface area contributed by atoms with E-state index in [4.69, 9.17) is 4.98 Å². The number of piperazine rings is 1. The molecule has 31 heavy (non-hydrogen) atoms. The summed E-state index contributed by atoms with van der Waals surface area (Å²) in [4.78, 5) is 26.5. The highest BCUT2D eigenvalue weighted by atomic mass is 16.2. The number of imidazole rings is 1. The Morgan fingerprint density at radius 1 is 0.968 bits per heavy atom. The molecule has 158 valence electrons. The third-order valence-electron chi connectivity index (χ3n) is 5.91. The standard InChI is InChI=1S/C24H26N6O/c1-18(2)29-12-8-19(17-29)23-26-22(21-5-3-4-11-30(21)23)24(31)28-15-13-27(14-16-28)20-6-9-25-10-7-20/h3-12,17-18H,13-16H2,1-2H3. The zero-order valence-electron chi connectivity index (χ0n) is 17.8. The molecular formula is C24H26N6O. The van der Waals surface area contributed by atoms with Crippen LogP contribution in [-0.2, 0) is 0 Å². The van der Waals surface area contributed by atoms with Gasteiger partial charge in [-0.15, -0.1) is 0 Å². The molecule has 4 aromatic rings. The van der Waals surface area contributed by atoms with Crippen LogP contribution >= 0.6 is 0 Å². The van der Waals surface area contributed by atoms with E-state index in [0.717, 1.165) is 35.7 Å². The summed E-state index contributed by atoms with van der Waals surface area (Å²) in [6.07, 6.45) is 9.73. The van der Waals surface area contributed by atoms with Crippen LogP contribution in [0.3, 0.4) is 0 Å². The van der Waals surface area contributed by atoms with Crippen LogP contribution in [0, 0.1) is 0 Å². The molecule has 1 aliphatic heterocycles. The highest BCUT2D eigenvalue weighted by molar-refractivity contribution is 6.00. The van der Waals surface area contributed by atoms with E-state index < -0.39 is 0 Å². The molecule has 0 unspecified atom stereocenters. The Morgan fingerprint density at radius 2 is 1.74 bits per heavy atom. The van der Waals surface area contributed by atoms with Gasteiger partial charge in [0, 0.05) is 74.5 Å². The van der Waals surface area contributed by atoms with Gasteiger partial charge in [0.1, 0.15) is 5.82 Å². The summed E-state index contributed by atoms with van der Waals surface area (Å²) in [5, 5.41) is 0. The number of hydrogen-bond acceptors (Lipinski definition) is 4. The third kappa shape index (κ3) is 3.56. The first-order valence-corrected chi connectivity index (χ1v) is 10.7. The van der Waals surface area contributed by atoms with Gasteiger partial charge >= 0.3 is 0 Å². The summed E-state index contributed by atoms with van der Waals surface area (Å²) in [7, 11) is 0. The lowest BCUT2D eigenvalue weighted by Crippen LogP contribution is -2.49. The van der Waals surface area contributed by atoms with Gasteiger partial charge in [-0.1, -0.05) is 6.07 Å². The largest absolute Gasteiger partial charge is 0.368 e. The first-order chi connectivity index (χ1) is 15.1. The average molecular weight is 415 g/mol. The lowest BCUT2D eigenvalue weighted by Gasteiger charge is -2.35. The first kappa shape index (κ1) is 19.4. The van der Waals surface area contributed by atoms with Crippen LogP contribution in [0.1, 0.15) is 30.4 Å². The van der Waals surface area contributed by atoms with Crippen LogP contribution in [0.25, 0.3) is 16.9 Å². The number of anilines is 1. The Kier molecular flexibility index (Phi) is 4.94. The number of aromatic nitrogens is 4. The van der Waals surface area contributed by atoms with E-state index in [9.17, 15) is 4.79 Å². The maximum atomic E-state index is 13.4. The molecule has 0 radical (unpaired) electrons. The van der Waals surface area contributed by atoms with Gasteiger partial charge in [0.25, 0.3) is 5.91 Å². The van der Waals surface area contributed by atoms with Crippen molar-refractivity contribution in [3.8, 4) is 11.4 Å². The second-order valence-electron chi connectivity index (χ2n) is 8.17. The van der Waals surface area contributed by atoms with E-state index in [1.165, 1.54) is 0 Å². The van der Waals surface area contributed by atoms with Gasteiger partial charge in [-0.05, 0) is 44.2 Å². The van der Waals surface area contributed by atoms with Crippen molar-refractivity contribution in [2.45, 2.75) is 19.9 Å². The molecule has 0 bridgehead atoms. The third-order valence-corrected chi connectivity index (χ3v) is 5.91. The molecule has 0 aromatic carbocycles. The smallest absolute Gasteiger partial charge is 0.274 e. The molecule has 1 fully saturated rings. The molecule has 5 heterocycles. The molecule has 1 saturated heterocycles. The van der Waals surface area contributed by atoms with E-state index in [-0.39, 0.29) is 5.91 Å². The van der Waals surface area contributed by atoms with Crippen LogP contribution in [0.4, 0.5) is 5.69 Å². The fraction of sp³-hybridized carbons (Fsp3) is 0.292. The topological polar surface area (TPSA) is 58.7 Å². The monoisotopic (exact) mass is 414 g/mol. The summed E-state index contributed by atoms with van der Waals surface area (Å²) >= 11 is 0. The molecule has 0 atom stereocenters. The van der Waals surface area contributed by atoms with Gasteiger partial charge in [0.15, 0.2) is 5.69 Å². The molecular weight excluding hydrogens is 388 g/mol. The maximum Gasteiger partial charge on any atom is 0.274 e. The summed E-state index contributed by atoms with van der Waals surface area (Å²) in [5.41, 5.74) is 3.52. The Morgan fingerprint density at radius 3 is 2.45 bits per heavy atom. The van der Waals surface area contributed by atoms with E-state index in [0.29, 0.717) is 24.8 Å². The lowest BCUT2D eigenvalue weighted by molar-refractivity contribution is 0.0743. The first-order valence-electron chi connectivity index (χ1n) is 10.7. The van der Waals surface area contributed by atoms with Crippen LogP contribution in [-0.4, -0.2) is 55.9 Å². The van der Waals surface area contributed by atoms with Crippen molar-refractivity contribution in [1.29, 1.82) is 0 Å². The summed E-state index contributed by atoms with van der Waals surface area (Å²) in [6.45, 7) is 7.23. The van der Waals surface area contributed by atoms with Crippen molar-refractivity contribution in [3.05, 3.63) is 73.1 Å². The Balaban J connectivity index is 1.42. The Bertz CT molecular complexity index is 1200. The number of hydrogen-bond donors (Lipinski definition) is 0. The summed E-state index contributed by atoms with van der Waals surface area (Å²) < 4.78 is 4.17. The van der Waals surface area contributed by atoms with Gasteiger partial charge in [-0.25, -0.2) is 4.98 Å². The van der Waals surface area contributed by atoms with Crippen LogP contribution in [0.5, 0.6) is 0 Å². The number of carbonyl (C=O) groups excluding carboxylic acids is 1. The van der Waals surface area contributed by atoms with Crippen molar-refractivity contribution >= 4 is 17.1 Å². The normalized spacial score (nSPS) is 14.5. The second-order valence-corrected chi connectivity index (χ2v) is 8.17. The number of rotatable bonds is 4. The number of fused-ring (bicyclic) bond motifs is 1. The van der Waals surface area contributed by atoms with E-state index in [2.05, 4.69) is 46.8 Å². The Labute approximate surface area is 181 Å². The highest BCUT2D eigenvalue weighted by Crippen LogP contribution is 2.26. The molecule has 1 aliphatic rings. The van der Waals surface area contributed by atoms with Gasteiger partial charge < -0.3 is 14.4 Å². The molecule has 0 saturated carbocycles. The molecule has 0 spiro atoms. The molecule has 0 N–H and O–H groups in total. The van der Waals surface area contributed by atoms with Crippen molar-refractivity contribution in [3.63, 3.8) is 0 Å². The minimum absolute atomic E-state index is 0.00683. The highest BCUT2D eigenvalue weighted by Gasteiger charge is 2.26. The average Bonchev–Trinajstić information content (AvgIpc) is 3.45. The van der Waals surface area contributed by atoms with E-state index >= 15 is 0 Å². The van der Waals surface area contributed by atoms with Gasteiger partial charge in [0.05, 0.1) is 5.52 Å². The number of nitrogens with zero attached hydrogens (tertiary/aromatic N) is 6. The molecule has 7 heteroatoms. The second kappa shape index (κ2) is 7.91. The zero-order chi connectivity index (χ0) is 21.4. The molecule has 4 aromatic heterocycles. The molecule has 5 rings (SSSR count). The molecule has 0 aliphatic carbocycles. The fourth-order valence-corrected chi connectivity index (χ4v) is 4.14. The van der Waals surface area contributed by atoms with Crippen molar-refractivity contribution in [1.82, 2.24) is 23.8 Å². The molecule has 7 nitrogen and oxygen atoms in total. The SMILES string of the molecule is CC(C)n1ccc(-c2nc(C(=O)N3CCN(c4ccncc4)CC3)c3ccccn23)c1. The quantitative estimate of drug-likeness (QED) is 0.510. The van der Waals surface area contributed by atoms with Crippen molar-refractivity contribution < 1.29 is 4.79 Å². The predicted molar refractivity (Wildman–Crippen MR) is 121 cm³/mol. The maximum absolute atomic E-state index is 13.4. The Hall–Kier alpha value is -3.61. The number of pyridine rings is 2. The fourth-order valence-electron chi connectivity index (χ4n) is 4.14. The van der Waals surface area contributed by atoms with Crippen molar-refractivity contribution in [2.75, 3.05) is 31.1 Å².